The lowest BCUT2D eigenvalue weighted by molar-refractivity contribution is -0.890. The quantitative estimate of drug-likeness (QED) is 0.669. The third-order valence-electron chi connectivity index (χ3n) is 2.52. The van der Waals surface area contributed by atoms with Gasteiger partial charge in [-0.25, -0.2) is 0 Å². The molecule has 0 atom stereocenters. The molecule has 5 nitrogen and oxygen atoms in total. The van der Waals surface area contributed by atoms with Crippen molar-refractivity contribution in [1.82, 2.24) is 0 Å². The molecule has 0 aromatic heterocycles. The van der Waals surface area contributed by atoms with Gasteiger partial charge in [-0.2, -0.15) is 0 Å². The van der Waals surface area contributed by atoms with Crippen LogP contribution in [0, 0.1) is 0 Å². The number of rotatable bonds is 5. The fourth-order valence-corrected chi connectivity index (χ4v) is 1.46. The maximum absolute atomic E-state index is 8.77. The number of benzene rings is 1. The maximum Gasteiger partial charge on any atom is 0.262 e. The number of quaternary nitrogens is 1. The van der Waals surface area contributed by atoms with Crippen LogP contribution in [0.4, 0.5) is 0 Å². The van der Waals surface area contributed by atoms with Crippen LogP contribution in [0.15, 0.2) is 36.4 Å². The van der Waals surface area contributed by atoms with Crippen molar-refractivity contribution in [3.05, 3.63) is 42.0 Å². The first-order chi connectivity index (χ1) is 8.86. The Labute approximate surface area is 114 Å². The monoisotopic (exact) mass is 287 g/mol. The first kappa shape index (κ1) is 18.0. The van der Waals surface area contributed by atoms with Gasteiger partial charge in [-0.1, -0.05) is 36.4 Å². The molecule has 0 bridgehead atoms. The molecule has 1 aromatic rings. The molecule has 6 heteroatoms. The molecule has 0 amide bonds. The summed E-state index contributed by atoms with van der Waals surface area (Å²) in [6.07, 6.45) is 4.46. The van der Waals surface area contributed by atoms with Crippen LogP contribution in [0.25, 0.3) is 6.08 Å². The Morgan fingerprint density at radius 3 is 2.11 bits per heavy atom. The van der Waals surface area contributed by atoms with Crippen LogP contribution in [-0.2, 0) is 4.57 Å². The van der Waals surface area contributed by atoms with Gasteiger partial charge >= 0.3 is 0 Å². The van der Waals surface area contributed by atoms with E-state index >= 15 is 0 Å². The zero-order chi connectivity index (χ0) is 14.7. The second-order valence-electron chi connectivity index (χ2n) is 3.96. The smallest absolute Gasteiger partial charge is 0.262 e. The van der Waals surface area contributed by atoms with E-state index in [1.807, 2.05) is 6.07 Å². The van der Waals surface area contributed by atoms with Gasteiger partial charge in [0.25, 0.3) is 7.82 Å². The first-order valence-corrected chi connectivity index (χ1v) is 7.71. The highest BCUT2D eigenvalue weighted by Crippen LogP contribution is 2.18. The van der Waals surface area contributed by atoms with Gasteiger partial charge in [0.15, 0.2) is 0 Å². The Hall–Kier alpha value is -0.970. The van der Waals surface area contributed by atoms with E-state index in [-0.39, 0.29) is 0 Å². The summed E-state index contributed by atoms with van der Waals surface area (Å²) in [5.74, 6) is 0. The second kappa shape index (κ2) is 9.89. The second-order valence-corrected chi connectivity index (χ2v) is 4.95. The van der Waals surface area contributed by atoms with Crippen LogP contribution in [0.5, 0.6) is 0 Å². The van der Waals surface area contributed by atoms with Crippen molar-refractivity contribution in [3.63, 3.8) is 0 Å². The Morgan fingerprint density at radius 1 is 1.21 bits per heavy atom. The minimum absolute atomic E-state index is 1.13. The van der Waals surface area contributed by atoms with E-state index in [9.17, 15) is 0 Å². The van der Waals surface area contributed by atoms with E-state index in [0.29, 0.717) is 0 Å². The zero-order valence-electron chi connectivity index (χ0n) is 11.3. The maximum atomic E-state index is 8.77. The summed E-state index contributed by atoms with van der Waals surface area (Å²) < 4.78 is 8.77. The highest BCUT2D eigenvalue weighted by atomic mass is 31.2. The van der Waals surface area contributed by atoms with Gasteiger partial charge < -0.3 is 19.6 Å². The van der Waals surface area contributed by atoms with Crippen molar-refractivity contribution in [2.75, 3.05) is 19.6 Å². The predicted octanol–water partition coefficient (Wildman–Crippen LogP) is 0.0639. The molecule has 0 radical (unpaired) electrons. The summed E-state index contributed by atoms with van der Waals surface area (Å²) in [7, 11) is -4.89. The molecule has 0 unspecified atom stereocenters. The van der Waals surface area contributed by atoms with Gasteiger partial charge in [-0.05, 0) is 25.5 Å². The van der Waals surface area contributed by atoms with Crippen LogP contribution in [0.3, 0.4) is 0 Å². The van der Waals surface area contributed by atoms with E-state index in [1.54, 1.807) is 4.90 Å². The number of phosphoric acid groups is 1. The molecule has 0 saturated heterocycles. The van der Waals surface area contributed by atoms with Gasteiger partial charge in [0, 0.05) is 0 Å². The van der Waals surface area contributed by atoms with Gasteiger partial charge in [0.2, 0.25) is 0 Å². The highest BCUT2D eigenvalue weighted by Gasteiger charge is 1.96. The average Bonchev–Trinajstić information content (AvgIpc) is 2.34. The van der Waals surface area contributed by atoms with Crippen molar-refractivity contribution in [2.45, 2.75) is 13.8 Å². The molecule has 0 fully saturated rings. The Kier molecular flexibility index (Phi) is 9.39. The average molecular weight is 287 g/mol. The van der Waals surface area contributed by atoms with E-state index in [1.165, 1.54) is 18.7 Å². The molecule has 3 N–H and O–H groups in total. The van der Waals surface area contributed by atoms with Crippen molar-refractivity contribution in [1.29, 1.82) is 0 Å². The number of likely N-dealkylation sites (N-methyl/N-ethyl adjacent to an activating group) is 1. The number of nitrogens with one attached hydrogen (secondary N) is 1. The molecule has 108 valence electrons. The lowest BCUT2D eigenvalue weighted by Crippen LogP contribution is -3.11. The fourth-order valence-electron chi connectivity index (χ4n) is 1.46. The largest absolute Gasteiger partial charge is 0.756 e. The van der Waals surface area contributed by atoms with Crippen molar-refractivity contribution in [3.8, 4) is 0 Å². The lowest BCUT2D eigenvalue weighted by atomic mass is 10.2. The number of hydrogen-bond donors (Lipinski definition) is 3. The van der Waals surface area contributed by atoms with Gasteiger partial charge in [-0.3, -0.25) is 4.57 Å². The van der Waals surface area contributed by atoms with Crippen LogP contribution < -0.4 is 9.79 Å². The summed E-state index contributed by atoms with van der Waals surface area (Å²) in [4.78, 5) is 24.5. The molecule has 0 spiro atoms. The summed E-state index contributed by atoms with van der Waals surface area (Å²) >= 11 is 0. The Bertz CT molecular complexity index is 390. The molecule has 19 heavy (non-hydrogen) atoms. The van der Waals surface area contributed by atoms with Crippen LogP contribution in [0.1, 0.15) is 19.4 Å². The van der Waals surface area contributed by atoms with Crippen molar-refractivity contribution < 1.29 is 24.1 Å². The van der Waals surface area contributed by atoms with Gasteiger partial charge in [0.1, 0.15) is 0 Å². The normalized spacial score (nSPS) is 11.5. The summed E-state index contributed by atoms with van der Waals surface area (Å²) in [6, 6.07) is 10.5. The standard InChI is InChI=1S/C13H19N.H3O4P/c1-3-14(4-2)12-8-11-13-9-6-5-7-10-13;1-5(2,3)4/h5-11H,3-4,12H2,1-2H3;(H3,1,2,3,4)/b11-8+;. The molecule has 0 heterocycles. The minimum Gasteiger partial charge on any atom is -0.756 e. The van der Waals surface area contributed by atoms with Gasteiger partial charge in [0.05, 0.1) is 19.6 Å². The van der Waals surface area contributed by atoms with Crippen LogP contribution >= 0.6 is 7.82 Å². The van der Waals surface area contributed by atoms with E-state index < -0.39 is 7.82 Å². The SMILES string of the molecule is CC[NH+](CC)C/C=C/c1ccccc1.O=P([O-])(O)O. The summed E-state index contributed by atoms with van der Waals surface area (Å²) in [6.45, 7) is 8.00. The molecular formula is C13H22NO4P. The minimum atomic E-state index is -4.89. The summed E-state index contributed by atoms with van der Waals surface area (Å²) in [5, 5.41) is 0. The third-order valence-corrected chi connectivity index (χ3v) is 2.52. The molecule has 1 aromatic carbocycles. The highest BCUT2D eigenvalue weighted by molar-refractivity contribution is 7.43. The van der Waals surface area contributed by atoms with Crippen molar-refractivity contribution >= 4 is 13.9 Å². The zero-order valence-corrected chi connectivity index (χ0v) is 12.2. The molecule has 0 aliphatic heterocycles. The lowest BCUT2D eigenvalue weighted by Gasteiger charge is -2.11. The van der Waals surface area contributed by atoms with E-state index in [4.69, 9.17) is 19.2 Å². The van der Waals surface area contributed by atoms with Crippen molar-refractivity contribution in [2.24, 2.45) is 0 Å². The van der Waals surface area contributed by atoms with E-state index in [0.717, 1.165) is 6.54 Å². The Balaban J connectivity index is 0.000000555. The van der Waals surface area contributed by atoms with Crippen LogP contribution in [-0.4, -0.2) is 29.4 Å². The Morgan fingerprint density at radius 2 is 1.68 bits per heavy atom. The molecule has 0 saturated carbocycles. The topological polar surface area (TPSA) is 85.0 Å². The fraction of sp³-hybridized carbons (Fsp3) is 0.385. The predicted molar refractivity (Wildman–Crippen MR) is 74.4 cm³/mol. The molecular weight excluding hydrogens is 265 g/mol. The third kappa shape index (κ3) is 13.3. The number of hydrogen-bond acceptors (Lipinski definition) is 2. The molecule has 0 aliphatic rings. The summed E-state index contributed by atoms with van der Waals surface area (Å²) in [5.41, 5.74) is 1.29. The van der Waals surface area contributed by atoms with Crippen LogP contribution in [0.2, 0.25) is 0 Å². The van der Waals surface area contributed by atoms with Gasteiger partial charge in [-0.15, -0.1) is 0 Å². The van der Waals surface area contributed by atoms with E-state index in [2.05, 4.69) is 50.3 Å². The molecule has 1 rings (SSSR count). The first-order valence-electron chi connectivity index (χ1n) is 6.18. The molecule has 0 aliphatic carbocycles.